The Bertz CT molecular complexity index is 979. The van der Waals surface area contributed by atoms with Crippen molar-refractivity contribution in [3.05, 3.63) is 58.4 Å². The molecule has 27 heavy (non-hydrogen) atoms. The molecule has 0 fully saturated rings. The molecule has 1 N–H and O–H groups in total. The topological polar surface area (TPSA) is 38.0 Å². The van der Waals surface area contributed by atoms with Crippen LogP contribution in [0, 0.1) is 27.7 Å². The number of aryl methyl sites for hydroxylation is 3. The summed E-state index contributed by atoms with van der Waals surface area (Å²) in [4.78, 5) is 1.28. The first-order chi connectivity index (χ1) is 12.7. The van der Waals surface area contributed by atoms with E-state index in [0.717, 1.165) is 22.6 Å². The van der Waals surface area contributed by atoms with Crippen LogP contribution in [-0.4, -0.2) is 21.1 Å². The minimum Gasteiger partial charge on any atom is -0.508 e. The summed E-state index contributed by atoms with van der Waals surface area (Å²) in [6, 6.07) is 10.2. The molecule has 1 heterocycles. The highest BCUT2D eigenvalue weighted by Crippen LogP contribution is 2.36. The number of hydrogen-bond acceptors (Lipinski definition) is 3. The van der Waals surface area contributed by atoms with Crippen molar-refractivity contribution >= 4 is 11.8 Å². The van der Waals surface area contributed by atoms with E-state index in [1.807, 2.05) is 10.7 Å². The monoisotopic (exact) mass is 380 g/mol. The summed E-state index contributed by atoms with van der Waals surface area (Å²) in [7, 11) is 0. The maximum atomic E-state index is 10.2. The summed E-state index contributed by atoms with van der Waals surface area (Å²) < 4.78 is 1.96. The summed E-state index contributed by atoms with van der Waals surface area (Å²) in [5.74, 6) is 0.623. The highest BCUT2D eigenvalue weighted by Gasteiger charge is 2.19. The Morgan fingerprint density at radius 1 is 0.926 bits per heavy atom. The van der Waals surface area contributed by atoms with Crippen molar-refractivity contribution in [1.29, 1.82) is 0 Å². The molecule has 0 atom stereocenters. The zero-order chi connectivity index (χ0) is 19.9. The summed E-state index contributed by atoms with van der Waals surface area (Å²) in [6.07, 6.45) is 2.11. The second-order valence-corrected chi connectivity index (χ2v) is 8.41. The fraction of sp³-hybridized carbons (Fsp3) is 0.348. The van der Waals surface area contributed by atoms with Crippen LogP contribution in [0.15, 0.2) is 35.2 Å². The first-order valence-corrected chi connectivity index (χ1v) is 10.5. The standard InChI is InChI=1S/C23H28N2OS/c1-13(2)18-10-19(12-20(26)11-18)25-17(6)23(16(5)24-25)22-14(3)8-21(27-7)9-15(22)4/h8-13,26H,1-7H3. The Kier molecular flexibility index (Phi) is 5.38. The lowest BCUT2D eigenvalue weighted by molar-refractivity contribution is 0.473. The van der Waals surface area contributed by atoms with Gasteiger partial charge in [-0.05, 0) is 86.4 Å². The number of hydrogen-bond donors (Lipinski definition) is 1. The maximum absolute atomic E-state index is 10.2. The second kappa shape index (κ2) is 7.43. The summed E-state index contributed by atoms with van der Waals surface area (Å²) >= 11 is 1.77. The lowest BCUT2D eigenvalue weighted by atomic mass is 9.94. The minimum absolute atomic E-state index is 0.280. The Balaban J connectivity index is 2.21. The zero-order valence-electron chi connectivity index (χ0n) is 17.2. The van der Waals surface area contributed by atoms with Gasteiger partial charge < -0.3 is 5.11 Å². The number of aromatic hydroxyl groups is 1. The molecule has 0 aliphatic heterocycles. The number of rotatable bonds is 4. The van der Waals surface area contributed by atoms with Crippen LogP contribution in [0.2, 0.25) is 0 Å². The van der Waals surface area contributed by atoms with Crippen LogP contribution in [0.1, 0.15) is 47.8 Å². The van der Waals surface area contributed by atoms with E-state index in [9.17, 15) is 5.11 Å². The van der Waals surface area contributed by atoms with Gasteiger partial charge in [-0.2, -0.15) is 5.10 Å². The molecule has 0 amide bonds. The van der Waals surface area contributed by atoms with E-state index in [1.165, 1.54) is 27.1 Å². The Labute approximate surface area is 166 Å². The van der Waals surface area contributed by atoms with Gasteiger partial charge in [0.1, 0.15) is 5.75 Å². The van der Waals surface area contributed by atoms with Crippen LogP contribution in [0.3, 0.4) is 0 Å². The number of benzene rings is 2. The van der Waals surface area contributed by atoms with E-state index in [1.54, 1.807) is 17.8 Å². The second-order valence-electron chi connectivity index (χ2n) is 7.53. The molecule has 3 aromatic rings. The van der Waals surface area contributed by atoms with Crippen molar-refractivity contribution < 1.29 is 5.11 Å². The van der Waals surface area contributed by atoms with E-state index in [2.05, 4.69) is 66.0 Å². The van der Waals surface area contributed by atoms with Gasteiger partial charge in [0.25, 0.3) is 0 Å². The molecule has 0 spiro atoms. The normalized spacial score (nSPS) is 11.4. The van der Waals surface area contributed by atoms with Gasteiger partial charge in [-0.3, -0.25) is 0 Å². The van der Waals surface area contributed by atoms with E-state index in [0.29, 0.717) is 5.92 Å². The van der Waals surface area contributed by atoms with E-state index >= 15 is 0 Å². The number of aromatic nitrogens is 2. The highest BCUT2D eigenvalue weighted by atomic mass is 32.2. The first kappa shape index (κ1) is 19.6. The Hall–Kier alpha value is -2.20. The minimum atomic E-state index is 0.280. The fourth-order valence-electron chi connectivity index (χ4n) is 3.77. The van der Waals surface area contributed by atoms with Gasteiger partial charge in [0.15, 0.2) is 0 Å². The molecule has 0 saturated heterocycles. The molecule has 2 aromatic carbocycles. The molecule has 1 aromatic heterocycles. The number of phenols is 1. The Morgan fingerprint density at radius 3 is 2.11 bits per heavy atom. The lowest BCUT2D eigenvalue weighted by Gasteiger charge is -2.14. The lowest BCUT2D eigenvalue weighted by Crippen LogP contribution is -2.01. The van der Waals surface area contributed by atoms with Crippen LogP contribution in [-0.2, 0) is 0 Å². The van der Waals surface area contributed by atoms with Crippen molar-refractivity contribution in [1.82, 2.24) is 9.78 Å². The predicted molar refractivity (Wildman–Crippen MR) is 115 cm³/mol. The molecule has 0 unspecified atom stereocenters. The molecule has 3 nitrogen and oxygen atoms in total. The number of nitrogens with zero attached hydrogens (tertiary/aromatic N) is 2. The van der Waals surface area contributed by atoms with E-state index < -0.39 is 0 Å². The fourth-order valence-corrected chi connectivity index (χ4v) is 4.35. The SMILES string of the molecule is CSc1cc(C)c(-c2c(C)nn(-c3cc(O)cc(C(C)C)c3)c2C)c(C)c1. The van der Waals surface area contributed by atoms with Crippen molar-refractivity contribution in [3.63, 3.8) is 0 Å². The van der Waals surface area contributed by atoms with Crippen LogP contribution in [0.5, 0.6) is 5.75 Å². The van der Waals surface area contributed by atoms with Gasteiger partial charge in [-0.1, -0.05) is 13.8 Å². The summed E-state index contributed by atoms with van der Waals surface area (Å²) in [6.45, 7) is 12.8. The quantitative estimate of drug-likeness (QED) is 0.538. The molecule has 0 aliphatic rings. The molecule has 0 bridgehead atoms. The van der Waals surface area contributed by atoms with Gasteiger partial charge in [0.2, 0.25) is 0 Å². The molecular weight excluding hydrogens is 352 g/mol. The van der Waals surface area contributed by atoms with Gasteiger partial charge in [0, 0.05) is 22.2 Å². The van der Waals surface area contributed by atoms with Crippen molar-refractivity contribution in [2.45, 2.75) is 52.4 Å². The highest BCUT2D eigenvalue weighted by molar-refractivity contribution is 7.98. The average molecular weight is 381 g/mol. The van der Waals surface area contributed by atoms with Crippen molar-refractivity contribution in [2.75, 3.05) is 6.26 Å². The van der Waals surface area contributed by atoms with E-state index in [4.69, 9.17) is 5.10 Å². The Morgan fingerprint density at radius 2 is 1.56 bits per heavy atom. The van der Waals surface area contributed by atoms with Gasteiger partial charge in [-0.15, -0.1) is 11.8 Å². The predicted octanol–water partition coefficient (Wildman–Crippen LogP) is 6.32. The molecule has 4 heteroatoms. The largest absolute Gasteiger partial charge is 0.508 e. The van der Waals surface area contributed by atoms with Crippen LogP contribution in [0.4, 0.5) is 0 Å². The van der Waals surface area contributed by atoms with E-state index in [-0.39, 0.29) is 5.75 Å². The van der Waals surface area contributed by atoms with Crippen molar-refractivity contribution in [3.8, 4) is 22.6 Å². The molecule has 0 radical (unpaired) electrons. The first-order valence-electron chi connectivity index (χ1n) is 9.29. The molecule has 3 rings (SSSR count). The molecular formula is C23H28N2OS. The summed E-state index contributed by atoms with van der Waals surface area (Å²) in [5, 5.41) is 15.0. The zero-order valence-corrected chi connectivity index (χ0v) is 18.0. The van der Waals surface area contributed by atoms with Crippen LogP contribution in [0.25, 0.3) is 16.8 Å². The van der Waals surface area contributed by atoms with Crippen molar-refractivity contribution in [2.24, 2.45) is 0 Å². The molecule has 142 valence electrons. The third kappa shape index (κ3) is 3.63. The maximum Gasteiger partial charge on any atom is 0.118 e. The molecule has 0 aliphatic carbocycles. The summed E-state index contributed by atoms with van der Waals surface area (Å²) in [5.41, 5.74) is 9.09. The van der Waals surface area contributed by atoms with Gasteiger partial charge in [-0.25, -0.2) is 4.68 Å². The van der Waals surface area contributed by atoms with Gasteiger partial charge >= 0.3 is 0 Å². The smallest absolute Gasteiger partial charge is 0.118 e. The van der Waals surface area contributed by atoms with Crippen LogP contribution >= 0.6 is 11.8 Å². The molecule has 0 saturated carbocycles. The third-order valence-corrected chi connectivity index (χ3v) is 5.83. The van der Waals surface area contributed by atoms with Gasteiger partial charge in [0.05, 0.1) is 11.4 Å². The average Bonchev–Trinajstić information content (AvgIpc) is 2.89. The van der Waals surface area contributed by atoms with Crippen LogP contribution < -0.4 is 0 Å². The third-order valence-electron chi connectivity index (χ3n) is 5.12. The number of thioether (sulfide) groups is 1. The number of phenolic OH excluding ortho intramolecular Hbond substituents is 1.